The van der Waals surface area contributed by atoms with Gasteiger partial charge < -0.3 is 20.6 Å². The summed E-state index contributed by atoms with van der Waals surface area (Å²) in [5.41, 5.74) is 0. The van der Waals surface area contributed by atoms with Gasteiger partial charge in [0, 0.05) is 39.3 Å². The molecule has 0 radical (unpaired) electrons. The van der Waals surface area contributed by atoms with E-state index in [4.69, 9.17) is 15.3 Å². The van der Waals surface area contributed by atoms with Crippen molar-refractivity contribution in [2.24, 2.45) is 0 Å². The van der Waals surface area contributed by atoms with Crippen LogP contribution < -0.4 is 5.32 Å². The summed E-state index contributed by atoms with van der Waals surface area (Å²) < 4.78 is 0. The van der Waals surface area contributed by atoms with Crippen LogP contribution in [0.3, 0.4) is 0 Å². The lowest BCUT2D eigenvalue weighted by Crippen LogP contribution is -2.44. The first-order valence-electron chi connectivity index (χ1n) is 8.90. The van der Waals surface area contributed by atoms with E-state index in [0.29, 0.717) is 52.4 Å². The number of hydrogen-bond donors (Lipinski definition) is 4. The van der Waals surface area contributed by atoms with Crippen LogP contribution in [0.25, 0.3) is 0 Å². The highest BCUT2D eigenvalue weighted by atomic mass is 16.4. The highest BCUT2D eigenvalue weighted by Crippen LogP contribution is 2.01. The maximum atomic E-state index is 11.0. The summed E-state index contributed by atoms with van der Waals surface area (Å²) in [6, 6.07) is 0. The third kappa shape index (κ3) is 11.0. The van der Waals surface area contributed by atoms with Gasteiger partial charge in [-0.25, -0.2) is 0 Å². The molecule has 150 valence electrons. The Labute approximate surface area is 153 Å². The summed E-state index contributed by atoms with van der Waals surface area (Å²) in [7, 11) is 0. The molecule has 10 nitrogen and oxygen atoms in total. The molecule has 26 heavy (non-hydrogen) atoms. The van der Waals surface area contributed by atoms with E-state index in [1.54, 1.807) is 9.80 Å². The van der Waals surface area contributed by atoms with E-state index < -0.39 is 17.9 Å². The van der Waals surface area contributed by atoms with Crippen molar-refractivity contribution in [3.63, 3.8) is 0 Å². The molecule has 0 aromatic heterocycles. The van der Waals surface area contributed by atoms with E-state index in [1.807, 2.05) is 4.90 Å². The lowest BCUT2D eigenvalue weighted by molar-refractivity contribution is -0.140. The van der Waals surface area contributed by atoms with Gasteiger partial charge in [0.2, 0.25) is 0 Å². The third-order valence-corrected chi connectivity index (χ3v) is 4.22. The molecule has 0 spiro atoms. The number of aliphatic carboxylic acids is 3. The van der Waals surface area contributed by atoms with Crippen LogP contribution in [-0.4, -0.2) is 120 Å². The molecule has 1 heterocycles. The van der Waals surface area contributed by atoms with Crippen molar-refractivity contribution in [2.45, 2.75) is 12.8 Å². The van der Waals surface area contributed by atoms with Crippen LogP contribution in [-0.2, 0) is 14.4 Å². The SMILES string of the molecule is O=C(O)CN1CCCCN(CC(=O)O)CCN(CC(=O)O)CCNCC1. The zero-order valence-corrected chi connectivity index (χ0v) is 15.1. The average molecular weight is 374 g/mol. The number of hydrogen-bond acceptors (Lipinski definition) is 7. The molecule has 0 amide bonds. The van der Waals surface area contributed by atoms with E-state index >= 15 is 0 Å². The van der Waals surface area contributed by atoms with E-state index in [0.717, 1.165) is 12.8 Å². The van der Waals surface area contributed by atoms with Crippen LogP contribution in [0.5, 0.6) is 0 Å². The van der Waals surface area contributed by atoms with Gasteiger partial charge in [-0.15, -0.1) is 0 Å². The second-order valence-electron chi connectivity index (χ2n) is 6.47. The highest BCUT2D eigenvalue weighted by molar-refractivity contribution is 5.69. The van der Waals surface area contributed by atoms with Crippen molar-refractivity contribution in [1.82, 2.24) is 20.0 Å². The molecule has 0 aromatic rings. The molecule has 0 aromatic carbocycles. The van der Waals surface area contributed by atoms with Crippen LogP contribution in [0.4, 0.5) is 0 Å². The Kier molecular flexibility index (Phi) is 10.8. The zero-order valence-electron chi connectivity index (χ0n) is 15.1. The fraction of sp³-hybridized carbons (Fsp3) is 0.812. The van der Waals surface area contributed by atoms with Crippen molar-refractivity contribution in [3.8, 4) is 0 Å². The summed E-state index contributed by atoms with van der Waals surface area (Å²) in [4.78, 5) is 38.5. The minimum Gasteiger partial charge on any atom is -0.480 e. The second kappa shape index (κ2) is 12.6. The Hall–Kier alpha value is -1.75. The molecule has 0 saturated carbocycles. The quantitative estimate of drug-likeness (QED) is 0.436. The van der Waals surface area contributed by atoms with Gasteiger partial charge in [-0.1, -0.05) is 0 Å². The van der Waals surface area contributed by atoms with Gasteiger partial charge in [0.15, 0.2) is 0 Å². The topological polar surface area (TPSA) is 134 Å². The average Bonchev–Trinajstić information content (AvgIpc) is 2.53. The summed E-state index contributed by atoms with van der Waals surface area (Å²) >= 11 is 0. The molecule has 0 aliphatic carbocycles. The Bertz CT molecular complexity index is 462. The van der Waals surface area contributed by atoms with Crippen LogP contribution in [0.1, 0.15) is 12.8 Å². The fourth-order valence-electron chi connectivity index (χ4n) is 2.94. The number of rotatable bonds is 6. The van der Waals surface area contributed by atoms with Gasteiger partial charge in [0.1, 0.15) is 0 Å². The van der Waals surface area contributed by atoms with Gasteiger partial charge in [-0.05, 0) is 25.9 Å². The number of carbonyl (C=O) groups is 3. The van der Waals surface area contributed by atoms with Gasteiger partial charge in [0.25, 0.3) is 0 Å². The van der Waals surface area contributed by atoms with Crippen LogP contribution in [0.2, 0.25) is 0 Å². The lowest BCUT2D eigenvalue weighted by atomic mass is 10.2. The normalized spacial score (nSPS) is 20.3. The van der Waals surface area contributed by atoms with Gasteiger partial charge >= 0.3 is 17.9 Å². The van der Waals surface area contributed by atoms with Crippen LogP contribution >= 0.6 is 0 Å². The molecule has 1 fully saturated rings. The first-order chi connectivity index (χ1) is 12.4. The van der Waals surface area contributed by atoms with E-state index in [9.17, 15) is 14.4 Å². The standard InChI is InChI=1S/C16H30N4O6/c21-14(22)11-18-5-1-2-6-19(12-15(23)24)9-10-20(13-16(25)26)8-4-17-3-7-18/h17H,1-13H2,(H,21,22)(H,23,24)(H,25,26). The fourth-order valence-corrected chi connectivity index (χ4v) is 2.94. The highest BCUT2D eigenvalue weighted by Gasteiger charge is 2.16. The molecule has 1 rings (SSSR count). The summed E-state index contributed by atoms with van der Waals surface area (Å²) in [5, 5.41) is 30.3. The molecule has 0 unspecified atom stereocenters. The largest absolute Gasteiger partial charge is 0.480 e. The molecule has 4 N–H and O–H groups in total. The summed E-state index contributed by atoms with van der Waals surface area (Å²) in [6.07, 6.45) is 1.54. The van der Waals surface area contributed by atoms with E-state index in [1.165, 1.54) is 0 Å². The lowest BCUT2D eigenvalue weighted by Gasteiger charge is -2.27. The predicted octanol–water partition coefficient (Wildman–Crippen LogP) is -1.47. The van der Waals surface area contributed by atoms with Crippen molar-refractivity contribution in [3.05, 3.63) is 0 Å². The van der Waals surface area contributed by atoms with Crippen LogP contribution in [0.15, 0.2) is 0 Å². The minimum absolute atomic E-state index is 0.0222. The first kappa shape index (κ1) is 22.3. The Morgan fingerprint density at radius 1 is 0.615 bits per heavy atom. The zero-order chi connectivity index (χ0) is 19.4. The molecule has 10 heteroatoms. The number of carboxylic acids is 3. The molecule has 1 saturated heterocycles. The minimum atomic E-state index is -0.913. The van der Waals surface area contributed by atoms with E-state index in [-0.39, 0.29) is 19.6 Å². The molecule has 1 aliphatic heterocycles. The predicted molar refractivity (Wildman–Crippen MR) is 94.3 cm³/mol. The van der Waals surface area contributed by atoms with E-state index in [2.05, 4.69) is 5.32 Å². The maximum Gasteiger partial charge on any atom is 0.317 e. The summed E-state index contributed by atoms with van der Waals surface area (Å²) in [6.45, 7) is 4.39. The monoisotopic (exact) mass is 374 g/mol. The Balaban J connectivity index is 2.66. The molecule has 0 atom stereocenters. The summed E-state index contributed by atoms with van der Waals surface area (Å²) in [5.74, 6) is -2.69. The smallest absolute Gasteiger partial charge is 0.317 e. The molecular formula is C16H30N4O6. The van der Waals surface area contributed by atoms with Gasteiger partial charge in [-0.3, -0.25) is 29.1 Å². The van der Waals surface area contributed by atoms with Gasteiger partial charge in [0.05, 0.1) is 19.6 Å². The number of carboxylic acid groups (broad SMARTS) is 3. The third-order valence-electron chi connectivity index (χ3n) is 4.22. The van der Waals surface area contributed by atoms with Gasteiger partial charge in [-0.2, -0.15) is 0 Å². The maximum absolute atomic E-state index is 11.0. The molecule has 0 bridgehead atoms. The van der Waals surface area contributed by atoms with Crippen molar-refractivity contribution in [2.75, 3.05) is 72.0 Å². The first-order valence-corrected chi connectivity index (χ1v) is 8.90. The van der Waals surface area contributed by atoms with Crippen molar-refractivity contribution in [1.29, 1.82) is 0 Å². The second-order valence-corrected chi connectivity index (χ2v) is 6.47. The van der Waals surface area contributed by atoms with Crippen molar-refractivity contribution < 1.29 is 29.7 Å². The molecular weight excluding hydrogens is 344 g/mol. The van der Waals surface area contributed by atoms with Crippen molar-refractivity contribution >= 4 is 17.9 Å². The van der Waals surface area contributed by atoms with Crippen LogP contribution in [0, 0.1) is 0 Å². The number of nitrogens with zero attached hydrogens (tertiary/aromatic N) is 3. The Morgan fingerprint density at radius 2 is 0.962 bits per heavy atom. The number of nitrogens with one attached hydrogen (secondary N) is 1. The Morgan fingerprint density at radius 3 is 1.35 bits per heavy atom. The molecule has 1 aliphatic rings.